The summed E-state index contributed by atoms with van der Waals surface area (Å²) < 4.78 is 1.86. The molecule has 3 aromatic carbocycles. The van der Waals surface area contributed by atoms with Gasteiger partial charge in [0.15, 0.2) is 5.78 Å². The quantitative estimate of drug-likeness (QED) is 0.461. The second-order valence-corrected chi connectivity index (χ2v) is 6.94. The molecule has 0 bridgehead atoms. The number of Topliss-reactive ketones (excluding diaryl/α,β-unsaturated/α-hetero) is 1. The molecule has 4 aromatic rings. The van der Waals surface area contributed by atoms with Crippen LogP contribution in [0.1, 0.15) is 30.1 Å². The number of carbonyl (C=O) groups is 2. The summed E-state index contributed by atoms with van der Waals surface area (Å²) in [6.07, 6.45) is 3.13. The van der Waals surface area contributed by atoms with E-state index in [2.05, 4.69) is 5.32 Å². The molecule has 0 saturated carbocycles. The van der Waals surface area contributed by atoms with Crippen LogP contribution in [0.4, 0.5) is 5.69 Å². The first-order valence-corrected chi connectivity index (χ1v) is 9.56. The van der Waals surface area contributed by atoms with Gasteiger partial charge in [-0.15, -0.1) is 0 Å². The summed E-state index contributed by atoms with van der Waals surface area (Å²) in [6, 6.07) is 21.6. The molecular weight excluding hydrogens is 348 g/mol. The number of ketones is 1. The van der Waals surface area contributed by atoms with Gasteiger partial charge in [0.2, 0.25) is 5.91 Å². The van der Waals surface area contributed by atoms with Crippen molar-refractivity contribution in [1.29, 1.82) is 0 Å². The van der Waals surface area contributed by atoms with Crippen LogP contribution in [0.25, 0.3) is 21.7 Å². The summed E-state index contributed by atoms with van der Waals surface area (Å²) >= 11 is 0. The number of anilines is 1. The lowest BCUT2D eigenvalue weighted by Gasteiger charge is -2.10. The number of hydrogen-bond donors (Lipinski definition) is 1. The van der Waals surface area contributed by atoms with Gasteiger partial charge in [0.05, 0.1) is 0 Å². The van der Waals surface area contributed by atoms with Crippen LogP contribution in [-0.4, -0.2) is 16.3 Å². The van der Waals surface area contributed by atoms with Crippen LogP contribution < -0.4 is 5.32 Å². The van der Waals surface area contributed by atoms with Crippen LogP contribution in [0.5, 0.6) is 0 Å². The SMILES string of the molecule is CCCC(=O)c1cn(CC(=O)Nc2cccc3ccccc23)c2ccccc12. The normalized spacial score (nSPS) is 11.0. The highest BCUT2D eigenvalue weighted by atomic mass is 16.2. The zero-order chi connectivity index (χ0) is 19.5. The van der Waals surface area contributed by atoms with Gasteiger partial charge in [0.25, 0.3) is 0 Å². The number of carbonyl (C=O) groups excluding carboxylic acids is 2. The highest BCUT2D eigenvalue weighted by Crippen LogP contribution is 2.25. The van der Waals surface area contributed by atoms with Gasteiger partial charge < -0.3 is 9.88 Å². The van der Waals surface area contributed by atoms with Crippen LogP contribution in [-0.2, 0) is 11.3 Å². The van der Waals surface area contributed by atoms with E-state index in [0.29, 0.717) is 12.0 Å². The van der Waals surface area contributed by atoms with Gasteiger partial charge in [0, 0.05) is 40.2 Å². The Bertz CT molecular complexity index is 1170. The van der Waals surface area contributed by atoms with Crippen molar-refractivity contribution in [2.45, 2.75) is 26.3 Å². The molecule has 0 fully saturated rings. The first-order chi connectivity index (χ1) is 13.7. The van der Waals surface area contributed by atoms with Gasteiger partial charge in [-0.3, -0.25) is 9.59 Å². The molecule has 4 nitrogen and oxygen atoms in total. The molecule has 0 atom stereocenters. The molecule has 0 spiro atoms. The topological polar surface area (TPSA) is 51.1 Å². The second-order valence-electron chi connectivity index (χ2n) is 6.94. The third kappa shape index (κ3) is 3.41. The fourth-order valence-corrected chi connectivity index (χ4v) is 3.64. The number of amides is 1. The van der Waals surface area contributed by atoms with Crippen molar-refractivity contribution in [1.82, 2.24) is 4.57 Å². The first-order valence-electron chi connectivity index (χ1n) is 9.56. The zero-order valence-electron chi connectivity index (χ0n) is 15.8. The standard InChI is InChI=1S/C24H22N2O2/c1-2-8-23(27)20-15-26(22-14-6-5-12-19(20)22)16-24(28)25-21-13-7-10-17-9-3-4-11-18(17)21/h3-7,9-15H,2,8,16H2,1H3,(H,25,28). The van der Waals surface area contributed by atoms with Crippen molar-refractivity contribution >= 4 is 39.1 Å². The third-order valence-electron chi connectivity index (χ3n) is 4.94. The lowest BCUT2D eigenvalue weighted by molar-refractivity contribution is -0.116. The zero-order valence-corrected chi connectivity index (χ0v) is 15.8. The van der Waals surface area contributed by atoms with Crippen molar-refractivity contribution in [3.63, 3.8) is 0 Å². The molecular formula is C24H22N2O2. The molecule has 4 heteroatoms. The van der Waals surface area contributed by atoms with E-state index in [1.54, 1.807) is 0 Å². The molecule has 1 N–H and O–H groups in total. The Labute approximate surface area is 163 Å². The van der Waals surface area contributed by atoms with Crippen molar-refractivity contribution in [2.75, 3.05) is 5.32 Å². The minimum Gasteiger partial charge on any atom is -0.337 e. The molecule has 1 aromatic heterocycles. The average molecular weight is 370 g/mol. The number of para-hydroxylation sites is 1. The van der Waals surface area contributed by atoms with Crippen molar-refractivity contribution in [2.24, 2.45) is 0 Å². The molecule has 1 heterocycles. The lowest BCUT2D eigenvalue weighted by Crippen LogP contribution is -2.18. The molecule has 0 aliphatic rings. The fraction of sp³-hybridized carbons (Fsp3) is 0.167. The van der Waals surface area contributed by atoms with Gasteiger partial charge >= 0.3 is 0 Å². The van der Waals surface area contributed by atoms with Crippen molar-refractivity contribution in [3.05, 3.63) is 78.5 Å². The second kappa shape index (κ2) is 7.69. The smallest absolute Gasteiger partial charge is 0.244 e. The Kier molecular flexibility index (Phi) is 4.94. The van der Waals surface area contributed by atoms with Gasteiger partial charge in [-0.05, 0) is 23.9 Å². The molecule has 0 aliphatic heterocycles. The van der Waals surface area contributed by atoms with Crippen molar-refractivity contribution < 1.29 is 9.59 Å². The van der Waals surface area contributed by atoms with Gasteiger partial charge in [0.1, 0.15) is 6.54 Å². The monoisotopic (exact) mass is 370 g/mol. The van der Waals surface area contributed by atoms with Crippen LogP contribution in [0.15, 0.2) is 72.9 Å². The number of hydrogen-bond acceptors (Lipinski definition) is 2. The Balaban J connectivity index is 1.63. The predicted molar refractivity (Wildman–Crippen MR) is 114 cm³/mol. The van der Waals surface area contributed by atoms with Crippen LogP contribution >= 0.6 is 0 Å². The highest BCUT2D eigenvalue weighted by Gasteiger charge is 2.16. The average Bonchev–Trinajstić information content (AvgIpc) is 3.07. The summed E-state index contributed by atoms with van der Waals surface area (Å²) in [4.78, 5) is 25.2. The summed E-state index contributed by atoms with van der Waals surface area (Å²) in [6.45, 7) is 2.15. The molecule has 1 amide bonds. The summed E-state index contributed by atoms with van der Waals surface area (Å²) in [5.74, 6) is -0.00138. The lowest BCUT2D eigenvalue weighted by atomic mass is 10.1. The van der Waals surface area contributed by atoms with Crippen LogP contribution in [0, 0.1) is 0 Å². The maximum absolute atomic E-state index is 12.8. The van der Waals surface area contributed by atoms with E-state index in [1.807, 2.05) is 84.4 Å². The third-order valence-corrected chi connectivity index (χ3v) is 4.94. The van der Waals surface area contributed by atoms with Crippen LogP contribution in [0.2, 0.25) is 0 Å². The minimum absolute atomic E-state index is 0.118. The maximum Gasteiger partial charge on any atom is 0.244 e. The van der Waals surface area contributed by atoms with E-state index in [-0.39, 0.29) is 18.2 Å². The van der Waals surface area contributed by atoms with Gasteiger partial charge in [-0.2, -0.15) is 0 Å². The number of nitrogens with one attached hydrogen (secondary N) is 1. The van der Waals surface area contributed by atoms with Crippen LogP contribution in [0.3, 0.4) is 0 Å². The van der Waals surface area contributed by atoms with E-state index >= 15 is 0 Å². The summed E-state index contributed by atoms with van der Waals surface area (Å²) in [5, 5.41) is 6.01. The number of aromatic nitrogens is 1. The van der Waals surface area contributed by atoms with E-state index in [0.717, 1.165) is 33.8 Å². The Morgan fingerprint density at radius 3 is 2.43 bits per heavy atom. The maximum atomic E-state index is 12.8. The van der Waals surface area contributed by atoms with E-state index in [1.165, 1.54) is 0 Å². The molecule has 0 saturated heterocycles. The fourth-order valence-electron chi connectivity index (χ4n) is 3.64. The number of benzene rings is 3. The largest absolute Gasteiger partial charge is 0.337 e. The Hall–Kier alpha value is -3.40. The first kappa shape index (κ1) is 18.0. The number of nitrogens with zero attached hydrogens (tertiary/aromatic N) is 1. The predicted octanol–water partition coefficient (Wildman–Crippen LogP) is 5.42. The highest BCUT2D eigenvalue weighted by molar-refractivity contribution is 6.08. The Morgan fingerprint density at radius 2 is 1.61 bits per heavy atom. The van der Waals surface area contributed by atoms with Gasteiger partial charge in [-0.25, -0.2) is 0 Å². The molecule has 4 rings (SSSR count). The van der Waals surface area contributed by atoms with E-state index in [9.17, 15) is 9.59 Å². The number of rotatable bonds is 6. The molecule has 0 radical (unpaired) electrons. The summed E-state index contributed by atoms with van der Waals surface area (Å²) in [5.41, 5.74) is 2.38. The number of fused-ring (bicyclic) bond motifs is 2. The molecule has 28 heavy (non-hydrogen) atoms. The molecule has 0 aliphatic carbocycles. The molecule has 0 unspecified atom stereocenters. The van der Waals surface area contributed by atoms with E-state index in [4.69, 9.17) is 0 Å². The van der Waals surface area contributed by atoms with Gasteiger partial charge in [-0.1, -0.05) is 61.5 Å². The summed E-state index contributed by atoms with van der Waals surface area (Å²) in [7, 11) is 0. The minimum atomic E-state index is -0.119. The van der Waals surface area contributed by atoms with Crippen molar-refractivity contribution in [3.8, 4) is 0 Å². The molecule has 140 valence electrons. The van der Waals surface area contributed by atoms with E-state index < -0.39 is 0 Å². The Morgan fingerprint density at radius 1 is 0.893 bits per heavy atom.